The lowest BCUT2D eigenvalue weighted by Crippen LogP contribution is -2.43. The van der Waals surface area contributed by atoms with Crippen LogP contribution in [0.2, 0.25) is 5.02 Å². The molecule has 1 aliphatic rings. The summed E-state index contributed by atoms with van der Waals surface area (Å²) in [5.74, 6) is -2.67. The van der Waals surface area contributed by atoms with Crippen LogP contribution in [0.25, 0.3) is 11.3 Å². The Hall–Kier alpha value is -3.11. The molecule has 4 rings (SSSR count). The number of rotatable bonds is 5. The molecule has 2 aromatic carbocycles. The fraction of sp³-hybridized carbons (Fsp3) is 0.261. The van der Waals surface area contributed by atoms with Crippen molar-refractivity contribution in [1.29, 1.82) is 0 Å². The number of sulfone groups is 1. The minimum absolute atomic E-state index is 0.0232. The zero-order valence-corrected chi connectivity index (χ0v) is 20.1. The van der Waals surface area contributed by atoms with Crippen LogP contribution in [0.4, 0.5) is 20.4 Å². The van der Waals surface area contributed by atoms with Crippen LogP contribution in [-0.2, 0) is 21.0 Å². The molecule has 0 atom stereocenters. The number of anilines is 2. The summed E-state index contributed by atoms with van der Waals surface area (Å²) in [6, 6.07) is 6.93. The highest BCUT2D eigenvalue weighted by atomic mass is 35.5. The number of benzene rings is 2. The molecule has 3 aromatic rings. The van der Waals surface area contributed by atoms with Crippen LogP contribution in [0.5, 0.6) is 0 Å². The number of halogens is 3. The van der Waals surface area contributed by atoms with Gasteiger partial charge in [-0.2, -0.15) is 0 Å². The summed E-state index contributed by atoms with van der Waals surface area (Å²) in [4.78, 5) is 20.7. The van der Waals surface area contributed by atoms with Gasteiger partial charge in [0.1, 0.15) is 11.6 Å². The van der Waals surface area contributed by atoms with E-state index in [0.717, 1.165) is 17.9 Å². The van der Waals surface area contributed by atoms with Gasteiger partial charge >= 0.3 is 0 Å². The van der Waals surface area contributed by atoms with Crippen molar-refractivity contribution >= 4 is 39.0 Å². The van der Waals surface area contributed by atoms with Gasteiger partial charge in [-0.1, -0.05) is 31.5 Å². The van der Waals surface area contributed by atoms with Crippen LogP contribution in [0, 0.1) is 11.6 Å². The molecule has 178 valence electrons. The molecule has 2 heterocycles. The standard InChI is InChI=1S/C23H21ClF2N4O3S/c1-23(2)11-28-21(31)14-5-4-12(6-15(14)23)20-16(24)9-27-22(30-20)29-19-7-13(10-34(3,32)33)17(25)8-18(19)26/h4-9H,10-11H2,1-3H3,(H,28,31)(H,27,29,30). The zero-order chi connectivity index (χ0) is 24.8. The van der Waals surface area contributed by atoms with Gasteiger partial charge < -0.3 is 10.6 Å². The minimum atomic E-state index is -3.54. The lowest BCUT2D eigenvalue weighted by molar-refractivity contribution is 0.0930. The summed E-state index contributed by atoms with van der Waals surface area (Å²) < 4.78 is 51.6. The second-order valence-electron chi connectivity index (χ2n) is 8.84. The fourth-order valence-corrected chi connectivity index (χ4v) is 4.76. The molecule has 1 aliphatic heterocycles. The molecular formula is C23H21ClF2N4O3S. The molecule has 0 spiro atoms. The highest BCUT2D eigenvalue weighted by Crippen LogP contribution is 2.35. The molecule has 7 nitrogen and oxygen atoms in total. The summed E-state index contributed by atoms with van der Waals surface area (Å²) in [6.45, 7) is 4.50. The Morgan fingerprint density at radius 2 is 1.91 bits per heavy atom. The lowest BCUT2D eigenvalue weighted by Gasteiger charge is -2.32. The van der Waals surface area contributed by atoms with Gasteiger partial charge in [0.05, 0.1) is 28.4 Å². The van der Waals surface area contributed by atoms with E-state index in [9.17, 15) is 22.0 Å². The molecule has 1 aromatic heterocycles. The highest BCUT2D eigenvalue weighted by Gasteiger charge is 2.32. The number of fused-ring (bicyclic) bond motifs is 1. The number of aromatic nitrogens is 2. The van der Waals surface area contributed by atoms with Gasteiger partial charge in [0.25, 0.3) is 5.91 Å². The Morgan fingerprint density at radius 1 is 1.18 bits per heavy atom. The molecule has 0 fully saturated rings. The Kier molecular flexibility index (Phi) is 6.07. The quantitative estimate of drug-likeness (QED) is 0.532. The Morgan fingerprint density at radius 3 is 2.62 bits per heavy atom. The van der Waals surface area contributed by atoms with Gasteiger partial charge in [-0.05, 0) is 23.8 Å². The largest absolute Gasteiger partial charge is 0.351 e. The Bertz CT molecular complexity index is 1430. The van der Waals surface area contributed by atoms with E-state index in [4.69, 9.17) is 11.6 Å². The predicted molar refractivity (Wildman–Crippen MR) is 126 cm³/mol. The number of hydrogen-bond acceptors (Lipinski definition) is 6. The smallest absolute Gasteiger partial charge is 0.251 e. The van der Waals surface area contributed by atoms with E-state index in [0.29, 0.717) is 29.4 Å². The lowest BCUT2D eigenvalue weighted by atomic mass is 9.78. The van der Waals surface area contributed by atoms with Crippen LogP contribution in [0.15, 0.2) is 36.5 Å². The summed E-state index contributed by atoms with van der Waals surface area (Å²) in [5, 5.41) is 5.77. The highest BCUT2D eigenvalue weighted by molar-refractivity contribution is 7.89. The first kappa shape index (κ1) is 24.0. The number of nitrogens with one attached hydrogen (secondary N) is 2. The van der Waals surface area contributed by atoms with E-state index >= 15 is 0 Å². The normalized spacial score (nSPS) is 14.9. The first-order valence-corrected chi connectivity index (χ1v) is 12.7. The van der Waals surface area contributed by atoms with Gasteiger partial charge in [-0.15, -0.1) is 0 Å². The van der Waals surface area contributed by atoms with E-state index in [1.807, 2.05) is 19.9 Å². The van der Waals surface area contributed by atoms with Gasteiger partial charge in [-0.3, -0.25) is 4.79 Å². The third-order valence-corrected chi connectivity index (χ3v) is 6.61. The second kappa shape index (κ2) is 8.59. The molecule has 2 N–H and O–H groups in total. The van der Waals surface area contributed by atoms with Crippen LogP contribution < -0.4 is 10.6 Å². The average Bonchev–Trinajstić information content (AvgIpc) is 2.74. The second-order valence-corrected chi connectivity index (χ2v) is 11.4. The van der Waals surface area contributed by atoms with Crippen molar-refractivity contribution in [2.24, 2.45) is 0 Å². The molecule has 0 radical (unpaired) electrons. The number of amides is 1. The van der Waals surface area contributed by atoms with E-state index in [-0.39, 0.29) is 33.5 Å². The maximum Gasteiger partial charge on any atom is 0.251 e. The molecular weight excluding hydrogens is 486 g/mol. The number of nitrogens with zero attached hydrogens (tertiary/aromatic N) is 2. The van der Waals surface area contributed by atoms with Crippen molar-refractivity contribution in [2.45, 2.75) is 25.0 Å². The van der Waals surface area contributed by atoms with Crippen LogP contribution in [0.3, 0.4) is 0 Å². The van der Waals surface area contributed by atoms with E-state index < -0.39 is 27.2 Å². The summed E-state index contributed by atoms with van der Waals surface area (Å²) >= 11 is 6.34. The van der Waals surface area contributed by atoms with Crippen LogP contribution >= 0.6 is 11.6 Å². The maximum absolute atomic E-state index is 14.4. The Balaban J connectivity index is 1.72. The molecule has 1 amide bonds. The van der Waals surface area contributed by atoms with Gasteiger partial charge in [0, 0.05) is 41.0 Å². The molecule has 11 heteroatoms. The first-order chi connectivity index (χ1) is 15.8. The number of carbonyl (C=O) groups excluding carboxylic acids is 1. The number of carbonyl (C=O) groups is 1. The van der Waals surface area contributed by atoms with Crippen molar-refractivity contribution in [3.63, 3.8) is 0 Å². The SMILES string of the molecule is CC1(C)CNC(=O)c2ccc(-c3nc(Nc4cc(CS(C)(=O)=O)c(F)cc4F)ncc3Cl)cc21. The summed E-state index contributed by atoms with van der Waals surface area (Å²) in [7, 11) is -3.54. The fourth-order valence-electron chi connectivity index (χ4n) is 3.77. The molecule has 0 saturated carbocycles. The van der Waals surface area contributed by atoms with Crippen molar-refractivity contribution in [3.8, 4) is 11.3 Å². The van der Waals surface area contributed by atoms with Crippen molar-refractivity contribution in [3.05, 3.63) is 69.9 Å². The van der Waals surface area contributed by atoms with E-state index in [1.165, 1.54) is 6.20 Å². The third kappa shape index (κ3) is 4.88. The molecule has 0 saturated heterocycles. The van der Waals surface area contributed by atoms with Gasteiger partial charge in [0.15, 0.2) is 9.84 Å². The van der Waals surface area contributed by atoms with Gasteiger partial charge in [0.2, 0.25) is 5.95 Å². The summed E-state index contributed by atoms with van der Waals surface area (Å²) in [5.41, 5.74) is 1.71. The Labute approximate surface area is 200 Å². The van der Waals surface area contributed by atoms with Gasteiger partial charge in [-0.25, -0.2) is 27.2 Å². The molecule has 0 aliphatic carbocycles. The van der Waals surface area contributed by atoms with Crippen molar-refractivity contribution in [1.82, 2.24) is 15.3 Å². The summed E-state index contributed by atoms with van der Waals surface area (Å²) in [6.07, 6.45) is 2.29. The van der Waals surface area contributed by atoms with Crippen LogP contribution in [-0.4, -0.2) is 37.1 Å². The number of hydrogen-bond donors (Lipinski definition) is 2. The van der Waals surface area contributed by atoms with Crippen LogP contribution in [0.1, 0.15) is 35.3 Å². The topological polar surface area (TPSA) is 101 Å². The zero-order valence-electron chi connectivity index (χ0n) is 18.5. The molecule has 0 bridgehead atoms. The average molecular weight is 507 g/mol. The van der Waals surface area contributed by atoms with Crippen molar-refractivity contribution in [2.75, 3.05) is 18.1 Å². The van der Waals surface area contributed by atoms with Crippen molar-refractivity contribution < 1.29 is 22.0 Å². The van der Waals surface area contributed by atoms with E-state index in [2.05, 4.69) is 20.6 Å². The third-order valence-electron chi connectivity index (χ3n) is 5.50. The van der Waals surface area contributed by atoms with E-state index in [1.54, 1.807) is 12.1 Å². The monoisotopic (exact) mass is 506 g/mol. The molecule has 34 heavy (non-hydrogen) atoms. The predicted octanol–water partition coefficient (Wildman–Crippen LogP) is 4.38. The maximum atomic E-state index is 14.4. The minimum Gasteiger partial charge on any atom is -0.351 e. The first-order valence-electron chi connectivity index (χ1n) is 10.2. The molecule has 0 unspecified atom stereocenters.